The van der Waals surface area contributed by atoms with E-state index in [4.69, 9.17) is 16.3 Å². The maximum absolute atomic E-state index is 12.8. The van der Waals surface area contributed by atoms with Crippen LogP contribution in [0.25, 0.3) is 0 Å². The van der Waals surface area contributed by atoms with Gasteiger partial charge in [0.25, 0.3) is 5.91 Å². The summed E-state index contributed by atoms with van der Waals surface area (Å²) in [7, 11) is 0. The number of nitrogens with one attached hydrogen (secondary N) is 1. The highest BCUT2D eigenvalue weighted by Gasteiger charge is 2.62. The summed E-state index contributed by atoms with van der Waals surface area (Å²) < 4.78 is 5.04. The average molecular weight is 405 g/mol. The maximum atomic E-state index is 12.8. The largest absolute Gasteiger partial charge is 0.454 e. The zero-order valence-corrected chi connectivity index (χ0v) is 16.1. The molecule has 2 saturated carbocycles. The lowest BCUT2D eigenvalue weighted by Gasteiger charge is -2.23. The molecule has 4 rings (SSSR count). The highest BCUT2D eigenvalue weighted by molar-refractivity contribution is 6.33. The van der Waals surface area contributed by atoms with Gasteiger partial charge in [-0.3, -0.25) is 19.3 Å². The first-order valence-corrected chi connectivity index (χ1v) is 9.84. The summed E-state index contributed by atoms with van der Waals surface area (Å²) in [4.78, 5) is 50.9. The van der Waals surface area contributed by atoms with Crippen LogP contribution in [-0.4, -0.2) is 41.2 Å². The molecule has 1 N–H and O–H groups in total. The molecular weight excluding hydrogens is 384 g/mol. The van der Waals surface area contributed by atoms with Crippen molar-refractivity contribution in [1.82, 2.24) is 4.90 Å². The van der Waals surface area contributed by atoms with Gasteiger partial charge in [0.1, 0.15) is 6.04 Å². The Bertz CT molecular complexity index is 829. The highest BCUT2D eigenvalue weighted by atomic mass is 35.5. The first kappa shape index (κ1) is 18.9. The summed E-state index contributed by atoms with van der Waals surface area (Å²) in [5.74, 6) is -1.94. The number of fused-ring (bicyclic) bond motifs is 5. The summed E-state index contributed by atoms with van der Waals surface area (Å²) in [6.45, 7) is 0.940. The number of esters is 1. The average Bonchev–Trinajstić information content (AvgIpc) is 3.35. The lowest BCUT2D eigenvalue weighted by atomic mass is 9.81. The normalized spacial score (nSPS) is 29.0. The lowest BCUT2D eigenvalue weighted by molar-refractivity contribution is -0.159. The number of para-hydroxylation sites is 1. The van der Waals surface area contributed by atoms with Crippen molar-refractivity contribution in [1.29, 1.82) is 0 Å². The predicted molar refractivity (Wildman–Crippen MR) is 100 cm³/mol. The quantitative estimate of drug-likeness (QED) is 0.600. The molecule has 148 valence electrons. The van der Waals surface area contributed by atoms with Crippen LogP contribution in [0.2, 0.25) is 5.02 Å². The van der Waals surface area contributed by atoms with Crippen molar-refractivity contribution in [3.63, 3.8) is 0 Å². The molecule has 2 bridgehead atoms. The molecule has 8 heteroatoms. The van der Waals surface area contributed by atoms with Gasteiger partial charge in [-0.05, 0) is 50.2 Å². The van der Waals surface area contributed by atoms with Gasteiger partial charge in [-0.15, -0.1) is 0 Å². The van der Waals surface area contributed by atoms with E-state index in [2.05, 4.69) is 5.32 Å². The van der Waals surface area contributed by atoms with Crippen LogP contribution in [0, 0.1) is 23.7 Å². The van der Waals surface area contributed by atoms with Crippen molar-refractivity contribution in [3.05, 3.63) is 29.3 Å². The number of amides is 3. The number of ether oxygens (including phenoxy) is 1. The van der Waals surface area contributed by atoms with Crippen LogP contribution in [0.5, 0.6) is 0 Å². The molecule has 5 atom stereocenters. The van der Waals surface area contributed by atoms with Crippen molar-refractivity contribution in [2.75, 3.05) is 11.9 Å². The van der Waals surface area contributed by atoms with E-state index in [1.54, 1.807) is 24.3 Å². The van der Waals surface area contributed by atoms with Crippen molar-refractivity contribution >= 4 is 41.0 Å². The zero-order valence-electron chi connectivity index (χ0n) is 15.4. The van der Waals surface area contributed by atoms with Gasteiger partial charge in [0, 0.05) is 0 Å². The number of rotatable bonds is 5. The van der Waals surface area contributed by atoms with E-state index in [-0.39, 0.29) is 35.5 Å². The second kappa shape index (κ2) is 7.20. The molecule has 0 radical (unpaired) electrons. The fraction of sp³-hybridized carbons (Fsp3) is 0.500. The van der Waals surface area contributed by atoms with Crippen LogP contribution in [0.1, 0.15) is 26.2 Å². The van der Waals surface area contributed by atoms with Gasteiger partial charge in [0.15, 0.2) is 6.61 Å². The first-order valence-electron chi connectivity index (χ1n) is 9.46. The Balaban J connectivity index is 1.35. The Kier molecular flexibility index (Phi) is 4.87. The Morgan fingerprint density at radius 3 is 2.39 bits per heavy atom. The van der Waals surface area contributed by atoms with E-state index < -0.39 is 24.5 Å². The molecule has 3 aliphatic rings. The SMILES string of the molecule is C[C@@H](C(=O)OCC(=O)Nc1ccccc1Cl)N1C(=O)[C@H]2[C@@H]3CC[C@@H](C3)[C@@H]2C1=O. The number of benzene rings is 1. The summed E-state index contributed by atoms with van der Waals surface area (Å²) in [6, 6.07) is 5.65. The number of hydrogen-bond acceptors (Lipinski definition) is 5. The van der Waals surface area contributed by atoms with Gasteiger partial charge in [-0.2, -0.15) is 0 Å². The standard InChI is InChI=1S/C20H21ClN2O5/c1-10(20(27)28-9-15(24)22-14-5-3-2-4-13(14)21)23-18(25)16-11-6-7-12(8-11)17(16)19(23)26/h2-5,10-12,16-17H,6-9H2,1H3,(H,22,24)/t10-,11-,12+,16-,17-/m0/s1. The van der Waals surface area contributed by atoms with E-state index in [9.17, 15) is 19.2 Å². The Morgan fingerprint density at radius 2 is 1.79 bits per heavy atom. The monoisotopic (exact) mass is 404 g/mol. The smallest absolute Gasteiger partial charge is 0.329 e. The topological polar surface area (TPSA) is 92.8 Å². The van der Waals surface area contributed by atoms with Crippen molar-refractivity contribution in [2.24, 2.45) is 23.7 Å². The number of halogens is 1. The van der Waals surface area contributed by atoms with E-state index >= 15 is 0 Å². The summed E-state index contributed by atoms with van der Waals surface area (Å²) in [5, 5.41) is 2.91. The fourth-order valence-electron chi connectivity index (χ4n) is 4.93. The predicted octanol–water partition coefficient (Wildman–Crippen LogP) is 2.24. The Labute approximate surface area is 167 Å². The minimum absolute atomic E-state index is 0.251. The van der Waals surface area contributed by atoms with Crippen LogP contribution in [0.3, 0.4) is 0 Å². The Hall–Kier alpha value is -2.41. The molecule has 1 aromatic rings. The third-order valence-corrected chi connectivity index (χ3v) is 6.51. The van der Waals surface area contributed by atoms with E-state index in [0.29, 0.717) is 10.7 Å². The molecular formula is C20H21ClN2O5. The fourth-order valence-corrected chi connectivity index (χ4v) is 5.11. The van der Waals surface area contributed by atoms with Crippen LogP contribution in [0.4, 0.5) is 5.69 Å². The number of nitrogens with zero attached hydrogens (tertiary/aromatic N) is 1. The molecule has 1 aromatic carbocycles. The number of imide groups is 1. The molecule has 1 saturated heterocycles. The number of carbonyl (C=O) groups is 4. The van der Waals surface area contributed by atoms with Crippen LogP contribution < -0.4 is 5.32 Å². The Morgan fingerprint density at radius 1 is 1.18 bits per heavy atom. The van der Waals surface area contributed by atoms with E-state index in [0.717, 1.165) is 24.2 Å². The maximum Gasteiger partial charge on any atom is 0.329 e. The first-order chi connectivity index (χ1) is 13.4. The zero-order chi connectivity index (χ0) is 20.0. The number of carbonyl (C=O) groups excluding carboxylic acids is 4. The van der Waals surface area contributed by atoms with Gasteiger partial charge in [-0.1, -0.05) is 23.7 Å². The van der Waals surface area contributed by atoms with Crippen molar-refractivity contribution in [2.45, 2.75) is 32.2 Å². The molecule has 7 nitrogen and oxygen atoms in total. The summed E-state index contributed by atoms with van der Waals surface area (Å²) in [5.41, 5.74) is 0.409. The van der Waals surface area contributed by atoms with Crippen LogP contribution in [-0.2, 0) is 23.9 Å². The number of hydrogen-bond donors (Lipinski definition) is 1. The third kappa shape index (κ3) is 3.07. The number of anilines is 1. The van der Waals surface area contributed by atoms with Gasteiger partial charge in [-0.25, -0.2) is 4.79 Å². The summed E-state index contributed by atoms with van der Waals surface area (Å²) >= 11 is 5.97. The van der Waals surface area contributed by atoms with E-state index in [1.165, 1.54) is 6.92 Å². The van der Waals surface area contributed by atoms with Crippen LogP contribution >= 0.6 is 11.6 Å². The van der Waals surface area contributed by atoms with Gasteiger partial charge in [0.05, 0.1) is 22.5 Å². The second-order valence-corrected chi connectivity index (χ2v) is 8.15. The molecule has 0 spiro atoms. The minimum atomic E-state index is -1.04. The van der Waals surface area contributed by atoms with Crippen molar-refractivity contribution in [3.8, 4) is 0 Å². The molecule has 2 aliphatic carbocycles. The van der Waals surface area contributed by atoms with Crippen LogP contribution in [0.15, 0.2) is 24.3 Å². The van der Waals surface area contributed by atoms with Gasteiger partial charge in [0.2, 0.25) is 11.8 Å². The lowest BCUT2D eigenvalue weighted by Crippen LogP contribution is -2.45. The minimum Gasteiger partial charge on any atom is -0.454 e. The molecule has 0 unspecified atom stereocenters. The highest BCUT2D eigenvalue weighted by Crippen LogP contribution is 2.56. The third-order valence-electron chi connectivity index (χ3n) is 6.18. The van der Waals surface area contributed by atoms with Gasteiger partial charge < -0.3 is 10.1 Å². The van der Waals surface area contributed by atoms with E-state index in [1.807, 2.05) is 0 Å². The molecule has 0 aromatic heterocycles. The molecule has 1 heterocycles. The second-order valence-electron chi connectivity index (χ2n) is 7.74. The molecule has 3 fully saturated rings. The number of likely N-dealkylation sites (tertiary alicyclic amines) is 1. The molecule has 28 heavy (non-hydrogen) atoms. The summed E-state index contributed by atoms with van der Waals surface area (Å²) in [6.07, 6.45) is 2.88. The molecule has 1 aliphatic heterocycles. The molecule has 3 amide bonds. The van der Waals surface area contributed by atoms with Crippen molar-refractivity contribution < 1.29 is 23.9 Å². The van der Waals surface area contributed by atoms with Gasteiger partial charge >= 0.3 is 5.97 Å².